The van der Waals surface area contributed by atoms with Gasteiger partial charge < -0.3 is 10.2 Å². The van der Waals surface area contributed by atoms with E-state index in [0.717, 1.165) is 6.07 Å². The first kappa shape index (κ1) is 11.3. The number of carbonyl (C=O) groups is 1. The molecule has 0 amide bonds. The fourth-order valence-corrected chi connectivity index (χ4v) is 2.06. The van der Waals surface area contributed by atoms with Crippen molar-refractivity contribution >= 4 is 21.9 Å². The normalized spacial score (nSPS) is 17.2. The fourth-order valence-electron chi connectivity index (χ4n) is 1.66. The van der Waals surface area contributed by atoms with Crippen LogP contribution in [-0.2, 0) is 10.2 Å². The number of rotatable bonds is 2. The Morgan fingerprint density at radius 3 is 2.38 bits per heavy atom. The zero-order valence-electron chi connectivity index (χ0n) is 7.93. The van der Waals surface area contributed by atoms with Crippen LogP contribution in [0, 0.1) is 11.6 Å². The second-order valence-corrected chi connectivity index (χ2v) is 4.62. The summed E-state index contributed by atoms with van der Waals surface area (Å²) < 4.78 is 26.7. The van der Waals surface area contributed by atoms with Gasteiger partial charge in [0.25, 0.3) is 0 Å². The number of phenols is 1. The van der Waals surface area contributed by atoms with Crippen LogP contribution in [0.1, 0.15) is 18.4 Å². The molecular weight excluding hydrogens is 286 g/mol. The maximum absolute atomic E-state index is 13.5. The topological polar surface area (TPSA) is 57.5 Å². The number of carboxylic acids is 1. The summed E-state index contributed by atoms with van der Waals surface area (Å²) in [4.78, 5) is 11.0. The Bertz CT molecular complexity index is 483. The first-order valence-corrected chi connectivity index (χ1v) is 5.30. The molecule has 1 fully saturated rings. The molecule has 0 aromatic heterocycles. The maximum atomic E-state index is 13.5. The van der Waals surface area contributed by atoms with Gasteiger partial charge >= 0.3 is 5.97 Å². The zero-order chi connectivity index (χ0) is 12.1. The van der Waals surface area contributed by atoms with E-state index in [2.05, 4.69) is 15.9 Å². The fraction of sp³-hybridized carbons (Fsp3) is 0.300. The van der Waals surface area contributed by atoms with Crippen molar-refractivity contribution in [1.82, 2.24) is 0 Å². The summed E-state index contributed by atoms with van der Waals surface area (Å²) in [5.74, 6) is -4.73. The molecule has 2 N–H and O–H groups in total. The number of phenolic OH excluding ortho intramolecular Hbond substituents is 1. The molecule has 1 aromatic rings. The highest BCUT2D eigenvalue weighted by atomic mass is 79.9. The van der Waals surface area contributed by atoms with Crippen LogP contribution in [0.25, 0.3) is 0 Å². The first-order chi connectivity index (χ1) is 7.40. The van der Waals surface area contributed by atoms with Gasteiger partial charge in [-0.2, -0.15) is 4.39 Å². The number of aromatic hydroxyl groups is 1. The van der Waals surface area contributed by atoms with Crippen LogP contribution in [0.4, 0.5) is 8.78 Å². The summed E-state index contributed by atoms with van der Waals surface area (Å²) in [6.45, 7) is 0. The number of carboxylic acid groups (broad SMARTS) is 1. The molecule has 0 saturated heterocycles. The van der Waals surface area contributed by atoms with Crippen molar-refractivity contribution in [1.29, 1.82) is 0 Å². The van der Waals surface area contributed by atoms with Gasteiger partial charge in [-0.05, 0) is 34.8 Å². The summed E-state index contributed by atoms with van der Waals surface area (Å²) in [6, 6.07) is 1.12. The Labute approximate surface area is 97.8 Å². The van der Waals surface area contributed by atoms with E-state index in [1.807, 2.05) is 0 Å². The molecule has 6 heteroatoms. The van der Waals surface area contributed by atoms with Gasteiger partial charge in [-0.25, -0.2) is 4.39 Å². The zero-order valence-corrected chi connectivity index (χ0v) is 9.51. The van der Waals surface area contributed by atoms with E-state index in [-0.39, 0.29) is 22.9 Å². The van der Waals surface area contributed by atoms with Crippen LogP contribution < -0.4 is 0 Å². The Kier molecular flexibility index (Phi) is 2.41. The minimum atomic E-state index is -1.42. The molecule has 1 aromatic carbocycles. The van der Waals surface area contributed by atoms with Gasteiger partial charge in [0.05, 0.1) is 9.89 Å². The van der Waals surface area contributed by atoms with Crippen molar-refractivity contribution < 1.29 is 23.8 Å². The van der Waals surface area contributed by atoms with Gasteiger partial charge in [-0.1, -0.05) is 0 Å². The Morgan fingerprint density at radius 2 is 1.94 bits per heavy atom. The Morgan fingerprint density at radius 1 is 1.38 bits per heavy atom. The highest BCUT2D eigenvalue weighted by Gasteiger charge is 2.54. The standard InChI is InChI=1S/C10H7BrF2O3/c11-5-3-4(6(12)7(13)8(5)14)10(1-2-10)9(15)16/h3,14H,1-2H2,(H,15,16). The van der Waals surface area contributed by atoms with Crippen LogP contribution in [0.3, 0.4) is 0 Å². The molecule has 0 atom stereocenters. The lowest BCUT2D eigenvalue weighted by molar-refractivity contribution is -0.140. The number of aliphatic carboxylic acids is 1. The molecular formula is C10H7BrF2O3. The smallest absolute Gasteiger partial charge is 0.314 e. The molecule has 1 aliphatic rings. The van der Waals surface area contributed by atoms with Crippen molar-refractivity contribution in [3.8, 4) is 5.75 Å². The van der Waals surface area contributed by atoms with E-state index in [1.54, 1.807) is 0 Å². The van der Waals surface area contributed by atoms with E-state index in [9.17, 15) is 13.6 Å². The SMILES string of the molecule is O=C(O)C1(c2cc(Br)c(O)c(F)c2F)CC1. The molecule has 0 unspecified atom stereocenters. The summed E-state index contributed by atoms with van der Waals surface area (Å²) in [5.41, 5.74) is -1.55. The monoisotopic (exact) mass is 292 g/mol. The highest BCUT2D eigenvalue weighted by Crippen LogP contribution is 2.51. The molecule has 3 nitrogen and oxygen atoms in total. The molecule has 2 rings (SSSR count). The number of halogens is 3. The highest BCUT2D eigenvalue weighted by molar-refractivity contribution is 9.10. The van der Waals surface area contributed by atoms with Crippen LogP contribution in [0.5, 0.6) is 5.75 Å². The van der Waals surface area contributed by atoms with Crippen LogP contribution in [0.15, 0.2) is 10.5 Å². The van der Waals surface area contributed by atoms with Crippen molar-refractivity contribution in [2.45, 2.75) is 18.3 Å². The number of benzene rings is 1. The molecule has 0 spiro atoms. The molecule has 1 aliphatic carbocycles. The molecule has 16 heavy (non-hydrogen) atoms. The Balaban J connectivity index is 2.63. The van der Waals surface area contributed by atoms with Crippen molar-refractivity contribution in [3.63, 3.8) is 0 Å². The number of hydrogen-bond acceptors (Lipinski definition) is 2. The molecule has 0 aliphatic heterocycles. The largest absolute Gasteiger partial charge is 0.504 e. The summed E-state index contributed by atoms with van der Waals surface area (Å²) in [5, 5.41) is 18.1. The van der Waals surface area contributed by atoms with Crippen LogP contribution in [-0.4, -0.2) is 16.2 Å². The van der Waals surface area contributed by atoms with Gasteiger partial charge in [0.1, 0.15) is 0 Å². The third-order valence-corrected chi connectivity index (χ3v) is 3.41. The lowest BCUT2D eigenvalue weighted by Gasteiger charge is -2.13. The molecule has 0 radical (unpaired) electrons. The second-order valence-electron chi connectivity index (χ2n) is 3.77. The Hall–Kier alpha value is -1.17. The van der Waals surface area contributed by atoms with Gasteiger partial charge in [-0.15, -0.1) is 0 Å². The average molecular weight is 293 g/mol. The van der Waals surface area contributed by atoms with E-state index in [4.69, 9.17) is 10.2 Å². The summed E-state index contributed by atoms with van der Waals surface area (Å²) >= 11 is 2.85. The summed E-state index contributed by atoms with van der Waals surface area (Å²) in [6.07, 6.45) is 0.547. The van der Waals surface area contributed by atoms with E-state index < -0.39 is 28.8 Å². The lowest BCUT2D eigenvalue weighted by Crippen LogP contribution is -2.21. The van der Waals surface area contributed by atoms with Gasteiger partial charge in [0.15, 0.2) is 11.6 Å². The van der Waals surface area contributed by atoms with Crippen LogP contribution in [0.2, 0.25) is 0 Å². The van der Waals surface area contributed by atoms with Gasteiger partial charge in [0.2, 0.25) is 5.82 Å². The van der Waals surface area contributed by atoms with E-state index in [1.165, 1.54) is 0 Å². The van der Waals surface area contributed by atoms with Crippen molar-refractivity contribution in [2.75, 3.05) is 0 Å². The van der Waals surface area contributed by atoms with Crippen molar-refractivity contribution in [3.05, 3.63) is 27.7 Å². The quantitative estimate of drug-likeness (QED) is 0.824. The minimum Gasteiger partial charge on any atom is -0.504 e. The molecule has 0 heterocycles. The average Bonchev–Trinajstić information content (AvgIpc) is 3.01. The minimum absolute atomic E-state index is 0.0473. The lowest BCUT2D eigenvalue weighted by atomic mass is 9.95. The second kappa shape index (κ2) is 3.41. The third-order valence-electron chi connectivity index (χ3n) is 2.81. The molecule has 1 saturated carbocycles. The van der Waals surface area contributed by atoms with Gasteiger partial charge in [0, 0.05) is 5.56 Å². The van der Waals surface area contributed by atoms with Gasteiger partial charge in [-0.3, -0.25) is 4.79 Å². The first-order valence-electron chi connectivity index (χ1n) is 4.50. The predicted octanol–water partition coefficient (Wildman–Crippen LogP) is 2.55. The van der Waals surface area contributed by atoms with E-state index in [0.29, 0.717) is 0 Å². The predicted molar refractivity (Wildman–Crippen MR) is 54.3 cm³/mol. The number of hydrogen-bond donors (Lipinski definition) is 2. The maximum Gasteiger partial charge on any atom is 0.314 e. The van der Waals surface area contributed by atoms with Crippen LogP contribution >= 0.6 is 15.9 Å². The summed E-state index contributed by atoms with van der Waals surface area (Å²) in [7, 11) is 0. The third kappa shape index (κ3) is 1.40. The molecule has 86 valence electrons. The van der Waals surface area contributed by atoms with E-state index >= 15 is 0 Å². The van der Waals surface area contributed by atoms with Crippen molar-refractivity contribution in [2.24, 2.45) is 0 Å². The molecule has 0 bridgehead atoms.